The van der Waals surface area contributed by atoms with Gasteiger partial charge in [0.15, 0.2) is 0 Å². The summed E-state index contributed by atoms with van der Waals surface area (Å²) < 4.78 is 0. The summed E-state index contributed by atoms with van der Waals surface area (Å²) in [5.74, 6) is 1.11. The average Bonchev–Trinajstić information content (AvgIpc) is 2.28. The second kappa shape index (κ2) is 3.23. The van der Waals surface area contributed by atoms with Crippen molar-refractivity contribution in [3.63, 3.8) is 0 Å². The monoisotopic (exact) mass is 194 g/mol. The molecule has 2 atom stereocenters. The maximum atomic E-state index is 2.36. The van der Waals surface area contributed by atoms with Gasteiger partial charge in [0.25, 0.3) is 0 Å². The molecule has 0 heterocycles. The Morgan fingerprint density at radius 1 is 1.00 bits per heavy atom. The molecule has 3 rings (SSSR count). The van der Waals surface area contributed by atoms with Crippen molar-refractivity contribution < 1.29 is 0 Å². The maximum absolute atomic E-state index is 2.36. The van der Waals surface area contributed by atoms with Gasteiger partial charge >= 0.3 is 0 Å². The molecule has 0 nitrogen and oxygen atoms in total. The molecule has 0 spiro atoms. The first kappa shape index (κ1) is 8.72. The molecule has 0 saturated carbocycles. The van der Waals surface area contributed by atoms with Crippen molar-refractivity contribution in [2.45, 2.75) is 12.8 Å². The fraction of sp³-hybridized carbons (Fsp3) is 0.200. The van der Waals surface area contributed by atoms with Gasteiger partial charge < -0.3 is 0 Å². The van der Waals surface area contributed by atoms with Gasteiger partial charge in [0, 0.05) is 11.8 Å². The van der Waals surface area contributed by atoms with Crippen LogP contribution in [-0.2, 0) is 0 Å². The molecule has 2 unspecified atom stereocenters. The molecule has 2 aliphatic rings. The molecule has 2 aliphatic carbocycles. The van der Waals surface area contributed by atoms with Gasteiger partial charge in [0.1, 0.15) is 0 Å². The number of benzene rings is 1. The van der Waals surface area contributed by atoms with Gasteiger partial charge in [-0.2, -0.15) is 0 Å². The Labute approximate surface area is 90.6 Å². The Kier molecular flexibility index (Phi) is 1.88. The molecule has 0 bridgehead atoms. The second-order valence-corrected chi connectivity index (χ2v) is 4.36. The van der Waals surface area contributed by atoms with Gasteiger partial charge in [-0.3, -0.25) is 0 Å². The van der Waals surface area contributed by atoms with Crippen LogP contribution in [0.4, 0.5) is 0 Å². The van der Waals surface area contributed by atoms with Crippen molar-refractivity contribution in [1.29, 1.82) is 0 Å². The van der Waals surface area contributed by atoms with Crippen LogP contribution in [0.2, 0.25) is 0 Å². The Morgan fingerprint density at radius 3 is 2.80 bits per heavy atom. The average molecular weight is 194 g/mol. The van der Waals surface area contributed by atoms with Crippen LogP contribution in [-0.4, -0.2) is 0 Å². The molecule has 0 amide bonds. The summed E-state index contributed by atoms with van der Waals surface area (Å²) in [6.45, 7) is 2.17. The van der Waals surface area contributed by atoms with Crippen LogP contribution < -0.4 is 0 Å². The van der Waals surface area contributed by atoms with E-state index >= 15 is 0 Å². The standard InChI is InChI=1S/C15H14/c1-11-6-9-15-13(10-11)8-7-12-4-2-3-5-14(12)15/h2-10,13,15H,1H3. The van der Waals surface area contributed by atoms with E-state index in [1.54, 1.807) is 0 Å². The SMILES string of the molecule is CC1=CC2C=Cc3ccccc3C2C=C1. The second-order valence-electron chi connectivity index (χ2n) is 4.36. The first-order chi connectivity index (χ1) is 7.34. The van der Waals surface area contributed by atoms with E-state index in [0.717, 1.165) is 0 Å². The Balaban J connectivity index is 2.12. The maximum Gasteiger partial charge on any atom is 0.0125 e. The number of rotatable bonds is 0. The molecule has 0 heteroatoms. The third-order valence-corrected chi connectivity index (χ3v) is 3.29. The van der Waals surface area contributed by atoms with Crippen LogP contribution in [0.3, 0.4) is 0 Å². The van der Waals surface area contributed by atoms with Crippen molar-refractivity contribution >= 4 is 6.08 Å². The zero-order chi connectivity index (χ0) is 10.3. The number of hydrogen-bond acceptors (Lipinski definition) is 0. The number of fused-ring (bicyclic) bond motifs is 3. The lowest BCUT2D eigenvalue weighted by atomic mass is 9.76. The van der Waals surface area contributed by atoms with E-state index in [1.165, 1.54) is 16.7 Å². The first-order valence-electron chi connectivity index (χ1n) is 5.48. The quantitative estimate of drug-likeness (QED) is 0.587. The summed E-state index contributed by atoms with van der Waals surface area (Å²) in [6, 6.07) is 8.68. The minimum Gasteiger partial charge on any atom is -0.0761 e. The molecular weight excluding hydrogens is 180 g/mol. The summed E-state index contributed by atoms with van der Waals surface area (Å²) in [4.78, 5) is 0. The molecule has 0 N–H and O–H groups in total. The molecule has 74 valence electrons. The van der Waals surface area contributed by atoms with Crippen LogP contribution in [0, 0.1) is 5.92 Å². The van der Waals surface area contributed by atoms with Crippen LogP contribution in [0.1, 0.15) is 24.0 Å². The Hall–Kier alpha value is -1.56. The molecule has 15 heavy (non-hydrogen) atoms. The van der Waals surface area contributed by atoms with Crippen molar-refractivity contribution in [3.8, 4) is 0 Å². The Bertz CT molecular complexity index is 475. The summed E-state index contributed by atoms with van der Waals surface area (Å²) in [5, 5.41) is 0. The van der Waals surface area contributed by atoms with Crippen molar-refractivity contribution in [3.05, 3.63) is 65.3 Å². The third kappa shape index (κ3) is 1.37. The minimum atomic E-state index is 0.551. The lowest BCUT2D eigenvalue weighted by Crippen LogP contribution is -2.14. The van der Waals surface area contributed by atoms with E-state index in [9.17, 15) is 0 Å². The van der Waals surface area contributed by atoms with E-state index in [4.69, 9.17) is 0 Å². The van der Waals surface area contributed by atoms with Gasteiger partial charge in [-0.25, -0.2) is 0 Å². The minimum absolute atomic E-state index is 0.551. The first-order valence-corrected chi connectivity index (χ1v) is 5.48. The van der Waals surface area contributed by atoms with Gasteiger partial charge in [-0.05, 0) is 18.1 Å². The highest BCUT2D eigenvalue weighted by atomic mass is 14.3. The van der Waals surface area contributed by atoms with E-state index < -0.39 is 0 Å². The van der Waals surface area contributed by atoms with Crippen LogP contribution in [0.15, 0.2) is 54.1 Å². The fourth-order valence-electron chi connectivity index (χ4n) is 2.51. The van der Waals surface area contributed by atoms with Gasteiger partial charge in [0.2, 0.25) is 0 Å². The van der Waals surface area contributed by atoms with E-state index in [0.29, 0.717) is 11.8 Å². The largest absolute Gasteiger partial charge is 0.0761 e. The lowest BCUT2D eigenvalue weighted by Gasteiger charge is -2.28. The highest BCUT2D eigenvalue weighted by Gasteiger charge is 2.23. The summed E-state index contributed by atoms with van der Waals surface area (Å²) in [7, 11) is 0. The smallest absolute Gasteiger partial charge is 0.0125 e. The molecule has 0 fully saturated rings. The number of hydrogen-bond donors (Lipinski definition) is 0. The molecule has 0 aromatic heterocycles. The van der Waals surface area contributed by atoms with E-state index in [1.807, 2.05) is 0 Å². The molecule has 0 aliphatic heterocycles. The zero-order valence-corrected chi connectivity index (χ0v) is 8.85. The van der Waals surface area contributed by atoms with Crippen LogP contribution in [0.5, 0.6) is 0 Å². The van der Waals surface area contributed by atoms with Gasteiger partial charge in [-0.15, -0.1) is 0 Å². The molecule has 0 radical (unpaired) electrons. The highest BCUT2D eigenvalue weighted by Crippen LogP contribution is 2.38. The molecule has 1 aromatic carbocycles. The van der Waals surface area contributed by atoms with Crippen molar-refractivity contribution in [2.24, 2.45) is 5.92 Å². The molecule has 0 saturated heterocycles. The van der Waals surface area contributed by atoms with Gasteiger partial charge in [0.05, 0.1) is 0 Å². The third-order valence-electron chi connectivity index (χ3n) is 3.29. The predicted octanol–water partition coefficient (Wildman–Crippen LogP) is 3.93. The summed E-state index contributed by atoms with van der Waals surface area (Å²) in [6.07, 6.45) is 11.5. The van der Waals surface area contributed by atoms with Crippen LogP contribution in [0.25, 0.3) is 6.08 Å². The van der Waals surface area contributed by atoms with Crippen LogP contribution >= 0.6 is 0 Å². The fourth-order valence-corrected chi connectivity index (χ4v) is 2.51. The summed E-state index contributed by atoms with van der Waals surface area (Å²) >= 11 is 0. The lowest BCUT2D eigenvalue weighted by molar-refractivity contribution is 0.686. The summed E-state index contributed by atoms with van der Waals surface area (Å²) in [5.41, 5.74) is 4.21. The van der Waals surface area contributed by atoms with E-state index in [2.05, 4.69) is 61.6 Å². The number of allylic oxidation sites excluding steroid dienone is 5. The Morgan fingerprint density at radius 2 is 1.87 bits per heavy atom. The van der Waals surface area contributed by atoms with Crippen molar-refractivity contribution in [2.75, 3.05) is 0 Å². The molecule has 1 aromatic rings. The zero-order valence-electron chi connectivity index (χ0n) is 8.85. The highest BCUT2D eigenvalue weighted by molar-refractivity contribution is 5.61. The molecular formula is C15H14. The van der Waals surface area contributed by atoms with Crippen molar-refractivity contribution in [1.82, 2.24) is 0 Å². The predicted molar refractivity (Wildman–Crippen MR) is 64.6 cm³/mol. The normalized spacial score (nSPS) is 26.9. The van der Waals surface area contributed by atoms with E-state index in [-0.39, 0.29) is 0 Å². The topological polar surface area (TPSA) is 0 Å². The van der Waals surface area contributed by atoms with Gasteiger partial charge in [-0.1, -0.05) is 60.2 Å².